The molecular formula is C20H25NO3. The summed E-state index contributed by atoms with van der Waals surface area (Å²) in [6, 6.07) is 13.6. The van der Waals surface area contributed by atoms with E-state index in [9.17, 15) is 9.90 Å². The van der Waals surface area contributed by atoms with Gasteiger partial charge in [0.1, 0.15) is 5.75 Å². The largest absolute Gasteiger partial charge is 0.494 e. The molecule has 0 saturated heterocycles. The molecule has 0 amide bonds. The molecule has 0 aliphatic carbocycles. The van der Waals surface area contributed by atoms with Gasteiger partial charge in [0.25, 0.3) is 0 Å². The molecule has 0 radical (unpaired) electrons. The summed E-state index contributed by atoms with van der Waals surface area (Å²) < 4.78 is 5.48. The second kappa shape index (κ2) is 7.86. The fraction of sp³-hybridized carbons (Fsp3) is 0.350. The van der Waals surface area contributed by atoms with Gasteiger partial charge in [-0.15, -0.1) is 0 Å². The lowest BCUT2D eigenvalue weighted by Crippen LogP contribution is -2.16. The van der Waals surface area contributed by atoms with Gasteiger partial charge < -0.3 is 14.7 Å². The van der Waals surface area contributed by atoms with E-state index in [0.29, 0.717) is 13.0 Å². The van der Waals surface area contributed by atoms with Gasteiger partial charge in [-0.1, -0.05) is 18.2 Å². The van der Waals surface area contributed by atoms with E-state index < -0.39 is 11.9 Å². The van der Waals surface area contributed by atoms with Crippen molar-refractivity contribution >= 4 is 11.7 Å². The van der Waals surface area contributed by atoms with E-state index in [0.717, 1.165) is 28.1 Å². The molecule has 24 heavy (non-hydrogen) atoms. The van der Waals surface area contributed by atoms with E-state index in [1.165, 1.54) is 0 Å². The first kappa shape index (κ1) is 17.9. The maximum Gasteiger partial charge on any atom is 0.311 e. The molecule has 0 aliphatic heterocycles. The van der Waals surface area contributed by atoms with Crippen molar-refractivity contribution in [2.24, 2.45) is 0 Å². The third-order valence-electron chi connectivity index (χ3n) is 4.12. The third-order valence-corrected chi connectivity index (χ3v) is 4.12. The van der Waals surface area contributed by atoms with Crippen LogP contribution in [0.3, 0.4) is 0 Å². The first-order valence-corrected chi connectivity index (χ1v) is 8.14. The predicted molar refractivity (Wildman–Crippen MR) is 97.2 cm³/mol. The number of carboxylic acid groups (broad SMARTS) is 1. The SMILES string of the molecule is CCOc1ccc(C(Cc2ccc(N(C)C)cc2)C(=O)O)c(C)c1. The quantitative estimate of drug-likeness (QED) is 0.839. The minimum Gasteiger partial charge on any atom is -0.494 e. The zero-order valence-corrected chi connectivity index (χ0v) is 14.7. The normalized spacial score (nSPS) is 11.8. The molecule has 128 valence electrons. The van der Waals surface area contributed by atoms with E-state index in [4.69, 9.17) is 4.74 Å². The first-order chi connectivity index (χ1) is 11.4. The van der Waals surface area contributed by atoms with Crippen LogP contribution in [-0.2, 0) is 11.2 Å². The zero-order valence-electron chi connectivity index (χ0n) is 14.7. The summed E-state index contributed by atoms with van der Waals surface area (Å²) in [7, 11) is 3.97. The minimum atomic E-state index is -0.807. The lowest BCUT2D eigenvalue weighted by atomic mass is 9.89. The highest BCUT2D eigenvalue weighted by Gasteiger charge is 2.22. The predicted octanol–water partition coefficient (Wildman–Crippen LogP) is 3.87. The Balaban J connectivity index is 2.25. The van der Waals surface area contributed by atoms with Gasteiger partial charge in [-0.25, -0.2) is 0 Å². The molecule has 0 saturated carbocycles. The van der Waals surface area contributed by atoms with Crippen molar-refractivity contribution in [2.75, 3.05) is 25.6 Å². The molecule has 0 aromatic heterocycles. The number of aryl methyl sites for hydroxylation is 1. The standard InChI is InChI=1S/C20H25NO3/c1-5-24-17-10-11-18(14(2)12-17)19(20(22)23)13-15-6-8-16(9-7-15)21(3)4/h6-12,19H,5,13H2,1-4H3,(H,22,23). The van der Waals surface area contributed by atoms with E-state index in [-0.39, 0.29) is 0 Å². The van der Waals surface area contributed by atoms with Crippen LogP contribution in [0.4, 0.5) is 5.69 Å². The zero-order chi connectivity index (χ0) is 17.7. The summed E-state index contributed by atoms with van der Waals surface area (Å²) in [4.78, 5) is 13.8. The van der Waals surface area contributed by atoms with Gasteiger partial charge in [0.2, 0.25) is 0 Å². The molecule has 0 spiro atoms. The Kier molecular flexibility index (Phi) is 5.85. The molecule has 2 aromatic rings. The number of carbonyl (C=O) groups is 1. The van der Waals surface area contributed by atoms with E-state index in [2.05, 4.69) is 0 Å². The molecule has 1 N–H and O–H groups in total. The number of hydrogen-bond donors (Lipinski definition) is 1. The van der Waals surface area contributed by atoms with Gasteiger partial charge >= 0.3 is 5.97 Å². The van der Waals surface area contributed by atoms with Crippen LogP contribution in [0.5, 0.6) is 5.75 Å². The van der Waals surface area contributed by atoms with Crippen LogP contribution in [-0.4, -0.2) is 31.8 Å². The number of aliphatic carboxylic acids is 1. The molecule has 0 bridgehead atoms. The number of carboxylic acids is 1. The van der Waals surface area contributed by atoms with Crippen LogP contribution in [0.15, 0.2) is 42.5 Å². The van der Waals surface area contributed by atoms with Crippen molar-refractivity contribution in [3.05, 3.63) is 59.2 Å². The smallest absolute Gasteiger partial charge is 0.311 e. The maximum atomic E-state index is 11.8. The Morgan fingerprint density at radius 3 is 2.33 bits per heavy atom. The van der Waals surface area contributed by atoms with Gasteiger partial charge in [-0.3, -0.25) is 4.79 Å². The number of anilines is 1. The van der Waals surface area contributed by atoms with E-state index in [1.807, 2.05) is 75.3 Å². The Morgan fingerprint density at radius 2 is 1.83 bits per heavy atom. The van der Waals surface area contributed by atoms with Gasteiger partial charge in [-0.2, -0.15) is 0 Å². The molecule has 1 unspecified atom stereocenters. The van der Waals surface area contributed by atoms with Crippen LogP contribution < -0.4 is 9.64 Å². The van der Waals surface area contributed by atoms with Crippen molar-refractivity contribution in [1.29, 1.82) is 0 Å². The summed E-state index contributed by atoms with van der Waals surface area (Å²) in [6.45, 7) is 4.46. The van der Waals surface area contributed by atoms with E-state index >= 15 is 0 Å². The number of benzene rings is 2. The van der Waals surface area contributed by atoms with Gasteiger partial charge in [0.05, 0.1) is 12.5 Å². The van der Waals surface area contributed by atoms with Crippen molar-refractivity contribution < 1.29 is 14.6 Å². The first-order valence-electron chi connectivity index (χ1n) is 8.14. The summed E-state index contributed by atoms with van der Waals surface area (Å²) in [5, 5.41) is 9.69. The summed E-state index contributed by atoms with van der Waals surface area (Å²) >= 11 is 0. The molecule has 4 nitrogen and oxygen atoms in total. The second-order valence-corrected chi connectivity index (χ2v) is 6.11. The summed E-state index contributed by atoms with van der Waals surface area (Å²) in [5.41, 5.74) is 3.89. The molecule has 4 heteroatoms. The third kappa shape index (κ3) is 4.28. The van der Waals surface area contributed by atoms with Crippen molar-refractivity contribution in [2.45, 2.75) is 26.2 Å². The summed E-state index contributed by atoms with van der Waals surface area (Å²) in [5.74, 6) is -0.594. The molecule has 0 aliphatic rings. The van der Waals surface area contributed by atoms with Crippen LogP contribution in [0.25, 0.3) is 0 Å². The highest BCUT2D eigenvalue weighted by atomic mass is 16.5. The van der Waals surface area contributed by atoms with Crippen LogP contribution in [0.2, 0.25) is 0 Å². The summed E-state index contributed by atoms with van der Waals surface area (Å²) in [6.07, 6.45) is 0.470. The Hall–Kier alpha value is -2.49. The number of rotatable bonds is 7. The average molecular weight is 327 g/mol. The topological polar surface area (TPSA) is 49.8 Å². The molecule has 1 atom stereocenters. The maximum absolute atomic E-state index is 11.8. The lowest BCUT2D eigenvalue weighted by molar-refractivity contribution is -0.138. The van der Waals surface area contributed by atoms with Gasteiger partial charge in [-0.05, 0) is 61.2 Å². The number of nitrogens with zero attached hydrogens (tertiary/aromatic N) is 1. The minimum absolute atomic E-state index is 0.470. The molecular weight excluding hydrogens is 302 g/mol. The molecule has 0 heterocycles. The van der Waals surface area contributed by atoms with Crippen LogP contribution in [0.1, 0.15) is 29.5 Å². The van der Waals surface area contributed by atoms with Gasteiger partial charge in [0, 0.05) is 19.8 Å². The van der Waals surface area contributed by atoms with Crippen molar-refractivity contribution in [3.63, 3.8) is 0 Å². The molecule has 0 fully saturated rings. The van der Waals surface area contributed by atoms with Gasteiger partial charge in [0.15, 0.2) is 0 Å². The number of ether oxygens (including phenoxy) is 1. The highest BCUT2D eigenvalue weighted by molar-refractivity contribution is 5.77. The van der Waals surface area contributed by atoms with Crippen LogP contribution in [0, 0.1) is 6.92 Å². The van der Waals surface area contributed by atoms with Crippen LogP contribution >= 0.6 is 0 Å². The Bertz CT molecular complexity index is 693. The molecule has 2 aromatic carbocycles. The average Bonchev–Trinajstić information content (AvgIpc) is 2.54. The Morgan fingerprint density at radius 1 is 1.17 bits per heavy atom. The monoisotopic (exact) mass is 327 g/mol. The lowest BCUT2D eigenvalue weighted by Gasteiger charge is -2.17. The van der Waals surface area contributed by atoms with Crippen molar-refractivity contribution in [3.8, 4) is 5.75 Å². The fourth-order valence-electron chi connectivity index (χ4n) is 2.79. The highest BCUT2D eigenvalue weighted by Crippen LogP contribution is 2.28. The molecule has 2 rings (SSSR count). The van der Waals surface area contributed by atoms with Crippen molar-refractivity contribution in [1.82, 2.24) is 0 Å². The second-order valence-electron chi connectivity index (χ2n) is 6.11. The fourth-order valence-corrected chi connectivity index (χ4v) is 2.79. The number of hydrogen-bond acceptors (Lipinski definition) is 3. The Labute approximate surface area is 143 Å². The van der Waals surface area contributed by atoms with E-state index in [1.54, 1.807) is 0 Å².